The van der Waals surface area contributed by atoms with Gasteiger partial charge in [0, 0.05) is 17.8 Å². The quantitative estimate of drug-likeness (QED) is 0.890. The van der Waals surface area contributed by atoms with Gasteiger partial charge in [-0.25, -0.2) is 0 Å². The molecule has 0 spiro atoms. The molecule has 23 heavy (non-hydrogen) atoms. The van der Waals surface area contributed by atoms with Gasteiger partial charge in [0.15, 0.2) is 0 Å². The normalized spacial score (nSPS) is 13.0. The average Bonchev–Trinajstić information content (AvgIpc) is 3.00. The molecule has 0 aliphatic heterocycles. The van der Waals surface area contributed by atoms with Gasteiger partial charge in [0.05, 0.1) is 7.11 Å². The maximum atomic E-state index is 12.1. The van der Waals surface area contributed by atoms with Crippen molar-refractivity contribution in [2.45, 2.75) is 46.1 Å². The van der Waals surface area contributed by atoms with Crippen molar-refractivity contribution in [3.63, 3.8) is 0 Å². The number of aromatic nitrogens is 1. The number of hydrogen-bond donors (Lipinski definition) is 2. The number of hydrogen-bond acceptors (Lipinski definition) is 3. The summed E-state index contributed by atoms with van der Waals surface area (Å²) in [6, 6.07) is 6.32. The number of benzene rings is 1. The van der Waals surface area contributed by atoms with E-state index in [1.807, 2.05) is 13.0 Å². The molecule has 3 rings (SSSR count). The Morgan fingerprint density at radius 1 is 1.17 bits per heavy atom. The summed E-state index contributed by atoms with van der Waals surface area (Å²) in [6.45, 7) is 4.62. The standard InChI is InChI=1S/C19H24N2O2/c1-4-13-9-17(19(22)21-12(13)2)20-11-16-8-14-6-5-7-15(14)10-18(16)23-3/h8-10,20H,4-7,11H2,1-3H3,(H,21,22). The maximum Gasteiger partial charge on any atom is 0.271 e. The summed E-state index contributed by atoms with van der Waals surface area (Å²) in [5.74, 6) is 0.900. The lowest BCUT2D eigenvalue weighted by atomic mass is 10.0. The molecule has 1 heterocycles. The van der Waals surface area contributed by atoms with E-state index in [1.54, 1.807) is 7.11 Å². The average molecular weight is 312 g/mol. The minimum atomic E-state index is -0.0696. The SMILES string of the molecule is CCc1cc(NCc2cc3c(cc2OC)CCC3)c(=O)[nH]c1C. The van der Waals surface area contributed by atoms with Crippen LogP contribution < -0.4 is 15.6 Å². The van der Waals surface area contributed by atoms with Gasteiger partial charge in [-0.05, 0) is 61.4 Å². The van der Waals surface area contributed by atoms with Gasteiger partial charge in [-0.15, -0.1) is 0 Å². The Balaban J connectivity index is 1.85. The highest BCUT2D eigenvalue weighted by atomic mass is 16.5. The molecule has 1 aliphatic carbocycles. The number of aryl methyl sites for hydroxylation is 4. The minimum Gasteiger partial charge on any atom is -0.496 e. The molecule has 1 aromatic heterocycles. The second-order valence-corrected chi connectivity index (χ2v) is 6.16. The summed E-state index contributed by atoms with van der Waals surface area (Å²) in [7, 11) is 1.70. The van der Waals surface area contributed by atoms with Gasteiger partial charge in [-0.3, -0.25) is 4.79 Å². The lowest BCUT2D eigenvalue weighted by Crippen LogP contribution is -2.16. The Kier molecular flexibility index (Phi) is 4.42. The number of H-pyrrole nitrogens is 1. The van der Waals surface area contributed by atoms with E-state index in [-0.39, 0.29) is 5.56 Å². The van der Waals surface area contributed by atoms with Gasteiger partial charge in [-0.1, -0.05) is 13.0 Å². The zero-order valence-corrected chi connectivity index (χ0v) is 14.1. The molecule has 0 amide bonds. The molecule has 0 unspecified atom stereocenters. The Labute approximate surface area is 136 Å². The van der Waals surface area contributed by atoms with Crippen LogP contribution in [0.2, 0.25) is 0 Å². The van der Waals surface area contributed by atoms with Gasteiger partial charge in [0.2, 0.25) is 0 Å². The first kappa shape index (κ1) is 15.7. The number of anilines is 1. The highest BCUT2D eigenvalue weighted by Gasteiger charge is 2.15. The summed E-state index contributed by atoms with van der Waals surface area (Å²) in [5.41, 5.74) is 6.56. The van der Waals surface area contributed by atoms with Crippen molar-refractivity contribution in [1.29, 1.82) is 0 Å². The number of fused-ring (bicyclic) bond motifs is 1. The number of rotatable bonds is 5. The third kappa shape index (κ3) is 3.11. The molecule has 2 aromatic rings. The second kappa shape index (κ2) is 6.49. The zero-order valence-electron chi connectivity index (χ0n) is 14.1. The molecule has 0 radical (unpaired) electrons. The van der Waals surface area contributed by atoms with Crippen LogP contribution in [0.25, 0.3) is 0 Å². The van der Waals surface area contributed by atoms with Crippen molar-refractivity contribution in [2.75, 3.05) is 12.4 Å². The molecular weight excluding hydrogens is 288 g/mol. The predicted molar refractivity (Wildman–Crippen MR) is 93.5 cm³/mol. The predicted octanol–water partition coefficient (Wildman–Crippen LogP) is 3.36. The number of aromatic amines is 1. The van der Waals surface area contributed by atoms with E-state index in [4.69, 9.17) is 4.74 Å². The smallest absolute Gasteiger partial charge is 0.271 e. The topological polar surface area (TPSA) is 54.1 Å². The third-order valence-corrected chi connectivity index (χ3v) is 4.69. The van der Waals surface area contributed by atoms with Crippen molar-refractivity contribution in [3.05, 3.63) is 56.5 Å². The van der Waals surface area contributed by atoms with Crippen LogP contribution in [0, 0.1) is 6.92 Å². The van der Waals surface area contributed by atoms with Crippen LogP contribution in [-0.4, -0.2) is 12.1 Å². The van der Waals surface area contributed by atoms with Crippen LogP contribution in [0.3, 0.4) is 0 Å². The molecule has 4 heteroatoms. The Bertz CT molecular complexity index is 778. The molecule has 0 fully saturated rings. The van der Waals surface area contributed by atoms with Crippen molar-refractivity contribution >= 4 is 5.69 Å². The molecular formula is C19H24N2O2. The van der Waals surface area contributed by atoms with Crippen LogP contribution in [0.15, 0.2) is 23.0 Å². The highest BCUT2D eigenvalue weighted by molar-refractivity contribution is 5.49. The van der Waals surface area contributed by atoms with Crippen LogP contribution in [0.5, 0.6) is 5.75 Å². The summed E-state index contributed by atoms with van der Waals surface area (Å²) >= 11 is 0. The number of ether oxygens (including phenoxy) is 1. The fraction of sp³-hybridized carbons (Fsp3) is 0.421. The summed E-state index contributed by atoms with van der Waals surface area (Å²) in [5, 5.41) is 3.27. The Morgan fingerprint density at radius 3 is 2.61 bits per heavy atom. The van der Waals surface area contributed by atoms with Crippen LogP contribution in [0.1, 0.15) is 41.3 Å². The first-order valence-corrected chi connectivity index (χ1v) is 8.27. The molecule has 4 nitrogen and oxygen atoms in total. The van der Waals surface area contributed by atoms with E-state index < -0.39 is 0 Å². The van der Waals surface area contributed by atoms with Crippen LogP contribution in [-0.2, 0) is 25.8 Å². The van der Waals surface area contributed by atoms with Gasteiger partial charge >= 0.3 is 0 Å². The monoisotopic (exact) mass is 312 g/mol. The third-order valence-electron chi connectivity index (χ3n) is 4.69. The van der Waals surface area contributed by atoms with Crippen molar-refractivity contribution in [1.82, 2.24) is 4.98 Å². The summed E-state index contributed by atoms with van der Waals surface area (Å²) < 4.78 is 5.53. The number of methoxy groups -OCH3 is 1. The van der Waals surface area contributed by atoms with E-state index in [1.165, 1.54) is 17.5 Å². The lowest BCUT2D eigenvalue weighted by molar-refractivity contribution is 0.410. The molecule has 0 bridgehead atoms. The van der Waals surface area contributed by atoms with E-state index in [0.29, 0.717) is 12.2 Å². The molecule has 2 N–H and O–H groups in total. The van der Waals surface area contributed by atoms with Gasteiger partial charge in [0.25, 0.3) is 5.56 Å². The molecule has 1 aromatic carbocycles. The maximum absolute atomic E-state index is 12.1. The van der Waals surface area contributed by atoms with E-state index >= 15 is 0 Å². The fourth-order valence-corrected chi connectivity index (χ4v) is 3.34. The summed E-state index contributed by atoms with van der Waals surface area (Å²) in [4.78, 5) is 15.0. The van der Waals surface area contributed by atoms with Crippen LogP contribution in [0.4, 0.5) is 5.69 Å². The van der Waals surface area contributed by atoms with E-state index in [9.17, 15) is 4.79 Å². The number of nitrogens with one attached hydrogen (secondary N) is 2. The van der Waals surface area contributed by atoms with Gasteiger partial charge in [-0.2, -0.15) is 0 Å². The zero-order chi connectivity index (χ0) is 16.4. The highest BCUT2D eigenvalue weighted by Crippen LogP contribution is 2.30. The first-order chi connectivity index (χ1) is 11.1. The van der Waals surface area contributed by atoms with Crippen molar-refractivity contribution in [3.8, 4) is 5.75 Å². The molecule has 0 atom stereocenters. The Hall–Kier alpha value is -2.23. The number of pyridine rings is 1. The van der Waals surface area contributed by atoms with E-state index in [2.05, 4.69) is 29.4 Å². The van der Waals surface area contributed by atoms with E-state index in [0.717, 1.165) is 41.8 Å². The van der Waals surface area contributed by atoms with Gasteiger partial charge < -0.3 is 15.0 Å². The second-order valence-electron chi connectivity index (χ2n) is 6.16. The van der Waals surface area contributed by atoms with Gasteiger partial charge in [0.1, 0.15) is 11.4 Å². The molecule has 122 valence electrons. The molecule has 0 saturated carbocycles. The molecule has 1 aliphatic rings. The fourth-order valence-electron chi connectivity index (χ4n) is 3.34. The van der Waals surface area contributed by atoms with Crippen LogP contribution >= 0.6 is 0 Å². The lowest BCUT2D eigenvalue weighted by Gasteiger charge is -2.14. The van der Waals surface area contributed by atoms with Crippen molar-refractivity contribution < 1.29 is 4.74 Å². The van der Waals surface area contributed by atoms with Crippen molar-refractivity contribution in [2.24, 2.45) is 0 Å². The minimum absolute atomic E-state index is 0.0696. The Morgan fingerprint density at radius 2 is 1.91 bits per heavy atom. The molecule has 0 saturated heterocycles. The summed E-state index contributed by atoms with van der Waals surface area (Å²) in [6.07, 6.45) is 4.39. The first-order valence-electron chi connectivity index (χ1n) is 8.27. The largest absolute Gasteiger partial charge is 0.496 e.